The number of benzene rings is 1. The lowest BCUT2D eigenvalue weighted by atomic mass is 9.96. The van der Waals surface area contributed by atoms with E-state index in [1.807, 2.05) is 24.3 Å². The Morgan fingerprint density at radius 3 is 2.48 bits per heavy atom. The van der Waals surface area contributed by atoms with Crippen LogP contribution < -0.4 is 5.32 Å². The molecule has 0 spiro atoms. The fourth-order valence-electron chi connectivity index (χ4n) is 2.13. The van der Waals surface area contributed by atoms with Gasteiger partial charge >= 0.3 is 6.18 Å². The summed E-state index contributed by atoms with van der Waals surface area (Å²) in [4.78, 5) is 0. The van der Waals surface area contributed by atoms with Crippen molar-refractivity contribution >= 4 is 15.9 Å². The highest BCUT2D eigenvalue weighted by molar-refractivity contribution is 9.10. The van der Waals surface area contributed by atoms with Gasteiger partial charge in [-0.3, -0.25) is 0 Å². The van der Waals surface area contributed by atoms with Crippen molar-refractivity contribution in [2.75, 3.05) is 19.8 Å². The predicted molar refractivity (Wildman–Crippen MR) is 79.4 cm³/mol. The average molecular weight is 366 g/mol. The standard InChI is InChI=1S/C15H19BrF3NO/c16-13-3-1-11(2-4-13)12(9-20-14-5-6-14)7-8-21-10-15(17,18)19/h1-4,12,14,20H,5-10H2. The van der Waals surface area contributed by atoms with Gasteiger partial charge < -0.3 is 10.1 Å². The van der Waals surface area contributed by atoms with Crippen molar-refractivity contribution in [1.82, 2.24) is 5.32 Å². The normalized spacial score (nSPS) is 17.0. The van der Waals surface area contributed by atoms with Crippen molar-refractivity contribution in [3.8, 4) is 0 Å². The van der Waals surface area contributed by atoms with Gasteiger partial charge in [-0.2, -0.15) is 13.2 Å². The molecule has 0 saturated heterocycles. The maximum atomic E-state index is 12.1. The van der Waals surface area contributed by atoms with E-state index in [1.54, 1.807) is 0 Å². The van der Waals surface area contributed by atoms with Crippen molar-refractivity contribution in [3.63, 3.8) is 0 Å². The molecule has 1 saturated carbocycles. The fourth-order valence-corrected chi connectivity index (χ4v) is 2.40. The van der Waals surface area contributed by atoms with Gasteiger partial charge in [0.1, 0.15) is 6.61 Å². The molecule has 0 bridgehead atoms. The molecule has 1 aromatic rings. The van der Waals surface area contributed by atoms with Crippen LogP contribution in [0.1, 0.15) is 30.7 Å². The van der Waals surface area contributed by atoms with Gasteiger partial charge in [0.25, 0.3) is 0 Å². The number of hydrogen-bond donors (Lipinski definition) is 1. The molecule has 0 heterocycles. The topological polar surface area (TPSA) is 21.3 Å². The highest BCUT2D eigenvalue weighted by Crippen LogP contribution is 2.25. The monoisotopic (exact) mass is 365 g/mol. The Morgan fingerprint density at radius 1 is 1.24 bits per heavy atom. The van der Waals surface area contributed by atoms with Crippen LogP contribution >= 0.6 is 15.9 Å². The first-order valence-electron chi connectivity index (χ1n) is 7.07. The van der Waals surface area contributed by atoms with E-state index in [-0.39, 0.29) is 12.5 Å². The molecule has 2 nitrogen and oxygen atoms in total. The summed E-state index contributed by atoms with van der Waals surface area (Å²) in [5.41, 5.74) is 1.13. The summed E-state index contributed by atoms with van der Waals surface area (Å²) < 4.78 is 41.9. The molecule has 6 heteroatoms. The summed E-state index contributed by atoms with van der Waals surface area (Å²) >= 11 is 3.39. The van der Waals surface area contributed by atoms with E-state index < -0.39 is 12.8 Å². The summed E-state index contributed by atoms with van der Waals surface area (Å²) in [7, 11) is 0. The van der Waals surface area contributed by atoms with Crippen molar-refractivity contribution in [1.29, 1.82) is 0 Å². The summed E-state index contributed by atoms with van der Waals surface area (Å²) in [6.07, 6.45) is -1.29. The zero-order valence-electron chi connectivity index (χ0n) is 11.6. The number of halogens is 4. The molecule has 1 atom stereocenters. The molecule has 0 aliphatic heterocycles. The third-order valence-corrected chi connectivity index (χ3v) is 3.98. The third-order valence-electron chi connectivity index (χ3n) is 3.45. The quantitative estimate of drug-likeness (QED) is 0.695. The smallest absolute Gasteiger partial charge is 0.372 e. The highest BCUT2D eigenvalue weighted by Gasteiger charge is 2.27. The molecule has 0 aromatic heterocycles. The van der Waals surface area contributed by atoms with Gasteiger partial charge in [-0.25, -0.2) is 0 Å². The molecule has 1 aliphatic carbocycles. The third kappa shape index (κ3) is 6.80. The second-order valence-electron chi connectivity index (χ2n) is 5.39. The summed E-state index contributed by atoms with van der Waals surface area (Å²) in [6, 6.07) is 8.51. The molecule has 0 radical (unpaired) electrons. The molecule has 21 heavy (non-hydrogen) atoms. The van der Waals surface area contributed by atoms with Crippen LogP contribution in [0.2, 0.25) is 0 Å². The van der Waals surface area contributed by atoms with Gasteiger partial charge in [-0.15, -0.1) is 0 Å². The Balaban J connectivity index is 1.83. The summed E-state index contributed by atoms with van der Waals surface area (Å²) in [6.45, 7) is -0.273. The zero-order valence-corrected chi connectivity index (χ0v) is 13.2. The molecular formula is C15H19BrF3NO. The van der Waals surface area contributed by atoms with Gasteiger partial charge in [-0.05, 0) is 42.9 Å². The molecule has 0 amide bonds. The summed E-state index contributed by atoms with van der Waals surface area (Å²) in [5, 5.41) is 3.44. The minimum absolute atomic E-state index is 0.118. The lowest BCUT2D eigenvalue weighted by Crippen LogP contribution is -2.25. The van der Waals surface area contributed by atoms with Crippen LogP contribution in [0.5, 0.6) is 0 Å². The van der Waals surface area contributed by atoms with Crippen molar-refractivity contribution < 1.29 is 17.9 Å². The Bertz CT molecular complexity index is 432. The van der Waals surface area contributed by atoms with Crippen LogP contribution in [0.15, 0.2) is 28.7 Å². The number of nitrogens with one attached hydrogen (secondary N) is 1. The number of alkyl halides is 3. The predicted octanol–water partition coefficient (Wildman–Crippen LogP) is 4.25. The first kappa shape index (κ1) is 16.8. The zero-order chi connectivity index (χ0) is 15.3. The van der Waals surface area contributed by atoms with Crippen LogP contribution in [0.4, 0.5) is 13.2 Å². The van der Waals surface area contributed by atoms with Crippen molar-refractivity contribution in [2.24, 2.45) is 0 Å². The first-order chi connectivity index (χ1) is 9.94. The van der Waals surface area contributed by atoms with Crippen LogP contribution in [0.25, 0.3) is 0 Å². The second kappa shape index (κ2) is 7.61. The lowest BCUT2D eigenvalue weighted by Gasteiger charge is -2.18. The Morgan fingerprint density at radius 2 is 1.90 bits per heavy atom. The SMILES string of the molecule is FC(F)(F)COCCC(CNC1CC1)c1ccc(Br)cc1. The molecule has 118 valence electrons. The molecular weight excluding hydrogens is 347 g/mol. The van der Waals surface area contributed by atoms with E-state index in [0.717, 1.165) is 16.6 Å². The molecule has 1 aliphatic rings. The van der Waals surface area contributed by atoms with Crippen LogP contribution in [-0.4, -0.2) is 32.0 Å². The number of hydrogen-bond acceptors (Lipinski definition) is 2. The Hall–Kier alpha value is -0.590. The Labute approximate surface area is 131 Å². The van der Waals surface area contributed by atoms with Gasteiger partial charge in [0.05, 0.1) is 0 Å². The van der Waals surface area contributed by atoms with Crippen molar-refractivity contribution in [2.45, 2.75) is 37.4 Å². The van der Waals surface area contributed by atoms with Crippen LogP contribution in [-0.2, 0) is 4.74 Å². The average Bonchev–Trinajstić information content (AvgIpc) is 3.22. The molecule has 1 fully saturated rings. The molecule has 2 rings (SSSR count). The van der Waals surface area contributed by atoms with E-state index in [0.29, 0.717) is 12.5 Å². The Kier molecular flexibility index (Phi) is 6.08. The first-order valence-corrected chi connectivity index (χ1v) is 7.87. The van der Waals surface area contributed by atoms with E-state index in [1.165, 1.54) is 12.8 Å². The van der Waals surface area contributed by atoms with Gasteiger partial charge in [-0.1, -0.05) is 28.1 Å². The molecule has 1 aromatic carbocycles. The van der Waals surface area contributed by atoms with Gasteiger partial charge in [0.15, 0.2) is 0 Å². The van der Waals surface area contributed by atoms with Gasteiger partial charge in [0.2, 0.25) is 0 Å². The van der Waals surface area contributed by atoms with E-state index in [4.69, 9.17) is 4.74 Å². The van der Waals surface area contributed by atoms with Crippen LogP contribution in [0.3, 0.4) is 0 Å². The molecule has 1 N–H and O–H groups in total. The second-order valence-corrected chi connectivity index (χ2v) is 6.30. The fraction of sp³-hybridized carbons (Fsp3) is 0.600. The van der Waals surface area contributed by atoms with Gasteiger partial charge in [0, 0.05) is 23.7 Å². The minimum atomic E-state index is -4.25. The number of rotatable bonds is 8. The number of ether oxygens (including phenoxy) is 1. The van der Waals surface area contributed by atoms with Crippen molar-refractivity contribution in [3.05, 3.63) is 34.3 Å². The minimum Gasteiger partial charge on any atom is -0.372 e. The van der Waals surface area contributed by atoms with E-state index in [2.05, 4.69) is 21.2 Å². The van der Waals surface area contributed by atoms with E-state index in [9.17, 15) is 13.2 Å². The maximum absolute atomic E-state index is 12.1. The maximum Gasteiger partial charge on any atom is 0.411 e. The van der Waals surface area contributed by atoms with Crippen LogP contribution in [0, 0.1) is 0 Å². The lowest BCUT2D eigenvalue weighted by molar-refractivity contribution is -0.174. The summed E-state index contributed by atoms with van der Waals surface area (Å²) in [5.74, 6) is 0.173. The highest BCUT2D eigenvalue weighted by atomic mass is 79.9. The van der Waals surface area contributed by atoms with E-state index >= 15 is 0 Å². The molecule has 1 unspecified atom stereocenters. The largest absolute Gasteiger partial charge is 0.411 e.